The van der Waals surface area contributed by atoms with Crippen LogP contribution in [-0.2, 0) is 12.6 Å². The summed E-state index contributed by atoms with van der Waals surface area (Å²) in [5, 5.41) is 10.3. The van der Waals surface area contributed by atoms with E-state index in [2.05, 4.69) is 6.92 Å². The second-order valence-corrected chi connectivity index (χ2v) is 6.16. The van der Waals surface area contributed by atoms with Gasteiger partial charge in [0, 0.05) is 0 Å². The van der Waals surface area contributed by atoms with Crippen molar-refractivity contribution in [3.05, 3.63) is 35.4 Å². The average molecular weight is 300 g/mol. The van der Waals surface area contributed by atoms with E-state index >= 15 is 0 Å². The molecule has 0 amide bonds. The molecule has 1 aliphatic rings. The lowest BCUT2D eigenvalue weighted by atomic mass is 9.77. The van der Waals surface area contributed by atoms with Gasteiger partial charge in [0.1, 0.15) is 0 Å². The van der Waals surface area contributed by atoms with E-state index in [0.717, 1.165) is 49.3 Å². The summed E-state index contributed by atoms with van der Waals surface area (Å²) < 4.78 is 37.5. The number of benzene rings is 1. The van der Waals surface area contributed by atoms with Crippen LogP contribution in [0.1, 0.15) is 50.2 Å². The summed E-state index contributed by atoms with van der Waals surface area (Å²) in [6.45, 7) is 2.20. The predicted octanol–water partition coefficient (Wildman–Crippen LogP) is 4.83. The molecule has 1 aliphatic carbocycles. The molecule has 0 aliphatic heterocycles. The van der Waals surface area contributed by atoms with E-state index in [0.29, 0.717) is 6.42 Å². The van der Waals surface area contributed by atoms with Crippen LogP contribution in [0, 0.1) is 11.8 Å². The van der Waals surface area contributed by atoms with Crippen LogP contribution in [-0.4, -0.2) is 11.2 Å². The van der Waals surface area contributed by atoms with Gasteiger partial charge in [-0.05, 0) is 48.8 Å². The van der Waals surface area contributed by atoms with Gasteiger partial charge in [-0.15, -0.1) is 0 Å². The predicted molar refractivity (Wildman–Crippen MR) is 76.9 cm³/mol. The fourth-order valence-electron chi connectivity index (χ4n) is 3.22. The van der Waals surface area contributed by atoms with Gasteiger partial charge in [-0.25, -0.2) is 0 Å². The Hall–Kier alpha value is -1.03. The quantitative estimate of drug-likeness (QED) is 0.844. The lowest BCUT2D eigenvalue weighted by molar-refractivity contribution is -0.137. The Labute approximate surface area is 124 Å². The zero-order valence-electron chi connectivity index (χ0n) is 12.4. The average Bonchev–Trinajstić information content (AvgIpc) is 2.47. The third-order valence-corrected chi connectivity index (χ3v) is 4.74. The molecule has 1 nitrogen and oxygen atoms in total. The highest BCUT2D eigenvalue weighted by atomic mass is 19.4. The van der Waals surface area contributed by atoms with E-state index in [4.69, 9.17) is 0 Å². The smallest absolute Gasteiger partial charge is 0.392 e. The summed E-state index contributed by atoms with van der Waals surface area (Å²) in [6.07, 6.45) is 1.27. The summed E-state index contributed by atoms with van der Waals surface area (Å²) in [6, 6.07) is 5.14. The SMILES string of the molecule is CCC1CCC(C(O)Cc2ccc(C(F)(F)F)cc2)CC1. The zero-order chi connectivity index (χ0) is 15.5. The second-order valence-electron chi connectivity index (χ2n) is 6.16. The van der Waals surface area contributed by atoms with Gasteiger partial charge in [0.15, 0.2) is 0 Å². The van der Waals surface area contributed by atoms with Gasteiger partial charge in [-0.1, -0.05) is 38.3 Å². The minimum atomic E-state index is -4.30. The van der Waals surface area contributed by atoms with Crippen molar-refractivity contribution in [1.29, 1.82) is 0 Å². The molecule has 1 aromatic rings. The van der Waals surface area contributed by atoms with Crippen LogP contribution in [0.15, 0.2) is 24.3 Å². The Morgan fingerprint density at radius 2 is 1.67 bits per heavy atom. The number of halogens is 3. The Kier molecular flexibility index (Phi) is 5.31. The number of alkyl halides is 3. The molecule has 0 saturated heterocycles. The lowest BCUT2D eigenvalue weighted by Crippen LogP contribution is -2.27. The Morgan fingerprint density at radius 1 is 1.10 bits per heavy atom. The van der Waals surface area contributed by atoms with Crippen LogP contribution in [0.5, 0.6) is 0 Å². The topological polar surface area (TPSA) is 20.2 Å². The molecule has 0 spiro atoms. The van der Waals surface area contributed by atoms with E-state index < -0.39 is 17.8 Å². The molecule has 0 aromatic heterocycles. The molecule has 21 heavy (non-hydrogen) atoms. The van der Waals surface area contributed by atoms with Crippen molar-refractivity contribution < 1.29 is 18.3 Å². The Morgan fingerprint density at radius 3 is 2.14 bits per heavy atom. The molecule has 118 valence electrons. The van der Waals surface area contributed by atoms with Crippen molar-refractivity contribution in [3.63, 3.8) is 0 Å². The molecule has 1 fully saturated rings. The number of rotatable bonds is 4. The summed E-state index contributed by atoms with van der Waals surface area (Å²) in [4.78, 5) is 0. The van der Waals surface area contributed by atoms with E-state index in [-0.39, 0.29) is 5.92 Å². The largest absolute Gasteiger partial charge is 0.416 e. The number of hydrogen-bond acceptors (Lipinski definition) is 1. The Balaban J connectivity index is 1.89. The first-order valence-electron chi connectivity index (χ1n) is 7.74. The number of aliphatic hydroxyl groups excluding tert-OH is 1. The monoisotopic (exact) mass is 300 g/mol. The standard InChI is InChI=1S/C17H23F3O/c1-2-12-3-7-14(8-4-12)16(21)11-13-5-9-15(10-6-13)17(18,19)20/h5-6,9-10,12,14,16,21H,2-4,7-8,11H2,1H3. The summed E-state index contributed by atoms with van der Waals surface area (Å²) in [7, 11) is 0. The van der Waals surface area contributed by atoms with Gasteiger partial charge in [0.05, 0.1) is 11.7 Å². The summed E-state index contributed by atoms with van der Waals surface area (Å²) in [5.74, 6) is 1.06. The van der Waals surface area contributed by atoms with Crippen LogP contribution < -0.4 is 0 Å². The van der Waals surface area contributed by atoms with Crippen molar-refractivity contribution in [3.8, 4) is 0 Å². The van der Waals surface area contributed by atoms with E-state index in [1.165, 1.54) is 18.6 Å². The first-order chi connectivity index (χ1) is 9.90. The molecule has 1 unspecified atom stereocenters. The number of aliphatic hydroxyl groups is 1. The fraction of sp³-hybridized carbons (Fsp3) is 0.647. The van der Waals surface area contributed by atoms with Crippen molar-refractivity contribution in [2.45, 2.75) is 57.7 Å². The molecule has 1 N–H and O–H groups in total. The highest BCUT2D eigenvalue weighted by molar-refractivity contribution is 5.25. The van der Waals surface area contributed by atoms with E-state index in [1.54, 1.807) is 0 Å². The van der Waals surface area contributed by atoms with E-state index in [9.17, 15) is 18.3 Å². The zero-order valence-corrected chi connectivity index (χ0v) is 12.4. The first-order valence-corrected chi connectivity index (χ1v) is 7.74. The van der Waals surface area contributed by atoms with Crippen LogP contribution >= 0.6 is 0 Å². The maximum Gasteiger partial charge on any atom is 0.416 e. The maximum atomic E-state index is 12.5. The van der Waals surface area contributed by atoms with Crippen molar-refractivity contribution in [2.24, 2.45) is 11.8 Å². The maximum absolute atomic E-state index is 12.5. The van der Waals surface area contributed by atoms with Gasteiger partial charge >= 0.3 is 6.18 Å². The molecular formula is C17H23F3O. The van der Waals surface area contributed by atoms with Crippen LogP contribution in [0.25, 0.3) is 0 Å². The minimum Gasteiger partial charge on any atom is -0.392 e. The molecule has 4 heteroatoms. The second kappa shape index (κ2) is 6.82. The van der Waals surface area contributed by atoms with Gasteiger partial charge in [0.2, 0.25) is 0 Å². The third kappa shape index (κ3) is 4.47. The van der Waals surface area contributed by atoms with Crippen molar-refractivity contribution >= 4 is 0 Å². The van der Waals surface area contributed by atoms with Gasteiger partial charge < -0.3 is 5.11 Å². The normalized spacial score (nSPS) is 24.8. The Bertz CT molecular complexity index is 430. The molecular weight excluding hydrogens is 277 g/mol. The fourth-order valence-corrected chi connectivity index (χ4v) is 3.22. The van der Waals surface area contributed by atoms with Crippen molar-refractivity contribution in [1.82, 2.24) is 0 Å². The lowest BCUT2D eigenvalue weighted by Gasteiger charge is -2.31. The van der Waals surface area contributed by atoms with Crippen LogP contribution in [0.4, 0.5) is 13.2 Å². The molecule has 1 saturated carbocycles. The molecule has 1 aromatic carbocycles. The third-order valence-electron chi connectivity index (χ3n) is 4.74. The molecule has 0 bridgehead atoms. The molecule has 0 heterocycles. The summed E-state index contributed by atoms with van der Waals surface area (Å²) >= 11 is 0. The first kappa shape index (κ1) is 16.3. The minimum absolute atomic E-state index is 0.287. The molecule has 2 rings (SSSR count). The van der Waals surface area contributed by atoms with Gasteiger partial charge in [-0.3, -0.25) is 0 Å². The highest BCUT2D eigenvalue weighted by Gasteiger charge is 2.30. The van der Waals surface area contributed by atoms with Gasteiger partial charge in [0.25, 0.3) is 0 Å². The van der Waals surface area contributed by atoms with Crippen molar-refractivity contribution in [2.75, 3.05) is 0 Å². The van der Waals surface area contributed by atoms with Crippen LogP contribution in [0.3, 0.4) is 0 Å². The number of hydrogen-bond donors (Lipinski definition) is 1. The molecule has 0 radical (unpaired) electrons. The molecule has 1 atom stereocenters. The summed E-state index contributed by atoms with van der Waals surface area (Å²) in [5.41, 5.74) is 0.136. The van der Waals surface area contributed by atoms with E-state index in [1.807, 2.05) is 0 Å². The highest BCUT2D eigenvalue weighted by Crippen LogP contribution is 2.34. The van der Waals surface area contributed by atoms with Gasteiger partial charge in [-0.2, -0.15) is 13.2 Å². The van der Waals surface area contributed by atoms with Crippen LogP contribution in [0.2, 0.25) is 0 Å².